The van der Waals surface area contributed by atoms with Gasteiger partial charge in [-0.1, -0.05) is 152 Å². The molecule has 2 heterocycles. The molecule has 5 N–H and O–H groups in total. The maximum Gasteiger partial charge on any atom is 0.412 e. The second-order valence-electron chi connectivity index (χ2n) is 17.9. The van der Waals surface area contributed by atoms with Crippen molar-refractivity contribution in [3.05, 3.63) is 208 Å². The van der Waals surface area contributed by atoms with E-state index in [1.807, 2.05) is 146 Å². The van der Waals surface area contributed by atoms with Gasteiger partial charge >= 0.3 is 6.09 Å². The molecule has 63 heavy (non-hydrogen) atoms. The third-order valence-corrected chi connectivity index (χ3v) is 13.2. The van der Waals surface area contributed by atoms with Crippen molar-refractivity contribution in [2.24, 2.45) is 0 Å². The number of hydrogen-bond acceptors (Lipinski definition) is 8. The van der Waals surface area contributed by atoms with Crippen LogP contribution in [-0.4, -0.2) is 61.1 Å². The number of rotatable bonds is 13. The van der Waals surface area contributed by atoms with Gasteiger partial charge in [-0.3, -0.25) is 5.32 Å². The largest absolute Gasteiger partial charge is 0.444 e. The van der Waals surface area contributed by atoms with E-state index in [1.165, 1.54) is 0 Å². The second-order valence-corrected chi connectivity index (χ2v) is 19.0. The van der Waals surface area contributed by atoms with Gasteiger partial charge in [0.1, 0.15) is 34.6 Å². The first-order chi connectivity index (χ1) is 30.2. The summed E-state index contributed by atoms with van der Waals surface area (Å²) in [4.78, 5) is 14.8. The van der Waals surface area contributed by atoms with Crippen molar-refractivity contribution in [3.63, 3.8) is 0 Å². The number of benzene rings is 6. The smallest absolute Gasteiger partial charge is 0.412 e. The normalized spacial score (nSPS) is 23.0. The van der Waals surface area contributed by atoms with E-state index in [0.717, 1.165) is 26.1 Å². The van der Waals surface area contributed by atoms with E-state index in [4.69, 9.17) is 9.47 Å². The molecule has 8 rings (SSSR count). The summed E-state index contributed by atoms with van der Waals surface area (Å²) in [5.74, 6) is 0. The first kappa shape index (κ1) is 44.0. The fourth-order valence-corrected chi connectivity index (χ4v) is 10.3. The average Bonchev–Trinajstić information content (AvgIpc) is 3.67. The van der Waals surface area contributed by atoms with Crippen molar-refractivity contribution < 1.29 is 34.7 Å². The molecule has 6 atom stereocenters. The highest BCUT2D eigenvalue weighted by Gasteiger charge is 2.72. The van der Waals surface area contributed by atoms with Crippen LogP contribution in [0.25, 0.3) is 10.1 Å². The molecule has 0 bridgehead atoms. The van der Waals surface area contributed by atoms with E-state index in [9.17, 15) is 25.2 Å². The summed E-state index contributed by atoms with van der Waals surface area (Å²) in [6.07, 6.45) is -4.98. The Balaban J connectivity index is 1.37. The topological polar surface area (TPSA) is 128 Å². The quantitative estimate of drug-likeness (QED) is 0.0781. The molecule has 0 radical (unpaired) electrons. The molecule has 1 aliphatic heterocycles. The second kappa shape index (κ2) is 18.2. The summed E-state index contributed by atoms with van der Waals surface area (Å²) in [5.41, 5.74) is -3.60. The van der Waals surface area contributed by atoms with Gasteiger partial charge in [0, 0.05) is 52.9 Å². The molecule has 0 saturated carbocycles. The van der Waals surface area contributed by atoms with Crippen LogP contribution in [0.5, 0.6) is 0 Å². The van der Waals surface area contributed by atoms with Crippen LogP contribution >= 0.6 is 11.3 Å². The lowest BCUT2D eigenvalue weighted by Crippen LogP contribution is -2.81. The first-order valence-corrected chi connectivity index (χ1v) is 22.3. The zero-order chi connectivity index (χ0) is 44.2. The van der Waals surface area contributed by atoms with Gasteiger partial charge < -0.3 is 29.9 Å². The highest BCUT2D eigenvalue weighted by atomic mass is 32.1. The monoisotopic (exact) mass is 861 g/mol. The van der Waals surface area contributed by atoms with E-state index < -0.39 is 46.8 Å². The average molecular weight is 862 g/mol. The third-order valence-electron chi connectivity index (χ3n) is 12.1. The number of aliphatic hydroxyl groups excluding tert-OH is 1. The Morgan fingerprint density at radius 2 is 1.19 bits per heavy atom. The molecular weight excluding hydrogens is 807 g/mol. The van der Waals surface area contributed by atoms with Crippen LogP contribution in [-0.2, 0) is 41.6 Å². The summed E-state index contributed by atoms with van der Waals surface area (Å²) < 4.78 is 14.1. The fraction of sp³-hybridized carbons (Fsp3) is 0.278. The van der Waals surface area contributed by atoms with Crippen molar-refractivity contribution in [3.8, 4) is 0 Å². The third kappa shape index (κ3) is 9.50. The Hall–Kier alpha value is -5.65. The van der Waals surface area contributed by atoms with Crippen molar-refractivity contribution >= 4 is 33.2 Å². The van der Waals surface area contributed by atoms with E-state index in [-0.39, 0.29) is 31.4 Å². The van der Waals surface area contributed by atoms with Gasteiger partial charge in [0.05, 0.1) is 6.10 Å². The minimum atomic E-state index is -2.43. The van der Waals surface area contributed by atoms with Crippen molar-refractivity contribution in [2.45, 2.75) is 93.6 Å². The lowest BCUT2D eigenvalue weighted by molar-refractivity contribution is -0.368. The van der Waals surface area contributed by atoms with Crippen LogP contribution in [0.4, 0.5) is 10.5 Å². The molecule has 324 valence electrons. The zero-order valence-corrected chi connectivity index (χ0v) is 36.7. The Kier molecular flexibility index (Phi) is 12.7. The summed E-state index contributed by atoms with van der Waals surface area (Å²) >= 11 is 1.69. The van der Waals surface area contributed by atoms with Gasteiger partial charge in [0.25, 0.3) is 0 Å². The number of amides is 1. The molecule has 9 heteroatoms. The molecule has 1 aromatic heterocycles. The number of carbonyl (C=O) groups is 1. The predicted octanol–water partition coefficient (Wildman–Crippen LogP) is 9.80. The van der Waals surface area contributed by atoms with Crippen molar-refractivity contribution in [2.75, 3.05) is 5.32 Å². The van der Waals surface area contributed by atoms with Gasteiger partial charge in [-0.25, -0.2) is 4.79 Å². The summed E-state index contributed by atoms with van der Waals surface area (Å²) in [7, 11) is 0. The number of ether oxygens (including phenoxy) is 2. The Labute approximate surface area is 373 Å². The van der Waals surface area contributed by atoms with E-state index >= 15 is 0 Å². The van der Waals surface area contributed by atoms with Crippen LogP contribution in [0.1, 0.15) is 65.1 Å². The lowest BCUT2D eigenvalue weighted by atomic mass is 9.56. The molecule has 8 nitrogen and oxygen atoms in total. The van der Waals surface area contributed by atoms with Crippen LogP contribution < -0.4 is 5.32 Å². The van der Waals surface area contributed by atoms with Crippen molar-refractivity contribution in [1.82, 2.24) is 0 Å². The molecule has 1 aliphatic rings. The van der Waals surface area contributed by atoms with Crippen LogP contribution in [0.2, 0.25) is 0 Å². The number of nitrogens with one attached hydrogen (secondary N) is 1. The minimum absolute atomic E-state index is 0.0723. The number of carbonyl (C=O) groups excluding carboxylic acids is 1. The standard InChI is InChI=1S/C54H55NO7S/c1-51(2,3)62-50(57)55-45-29-28-41(30-43-33-42-26-16-17-27-47(42)63-43)31-44(45)48-52(58,34-38-20-10-5-11-21-38)54(60,36-40-24-14-7-15-25-40)53(59,35-39-22-12-6-13-23-39)49(61-48)46(56)32-37-18-8-4-9-19-37/h4-29,31,33,46,48-49,56,58-60H,30,32,34-36H2,1-3H3,(H,55,57)/t46?,48-,49+,52-,53+,54+/m0/s1. The van der Waals surface area contributed by atoms with Crippen LogP contribution in [0, 0.1) is 0 Å². The van der Waals surface area contributed by atoms with Gasteiger partial charge in [-0.2, -0.15) is 0 Å². The van der Waals surface area contributed by atoms with E-state index in [0.29, 0.717) is 28.7 Å². The molecule has 1 fully saturated rings. The molecule has 1 amide bonds. The molecule has 7 aromatic rings. The van der Waals surface area contributed by atoms with E-state index in [1.54, 1.807) is 38.2 Å². The van der Waals surface area contributed by atoms with Crippen LogP contribution in [0.15, 0.2) is 170 Å². The highest BCUT2D eigenvalue weighted by molar-refractivity contribution is 7.19. The van der Waals surface area contributed by atoms with Gasteiger partial charge in [-0.15, -0.1) is 11.3 Å². The number of anilines is 1. The predicted molar refractivity (Wildman–Crippen MR) is 250 cm³/mol. The van der Waals surface area contributed by atoms with Gasteiger partial charge in [0.2, 0.25) is 0 Å². The molecule has 1 saturated heterocycles. The number of thiophene rings is 1. The number of hydrogen-bond donors (Lipinski definition) is 5. The summed E-state index contributed by atoms with van der Waals surface area (Å²) in [5, 5.41) is 58.6. The molecular formula is C54H55NO7S. The SMILES string of the molecule is CC(C)(C)OC(=O)Nc1ccc(Cc2cc3ccccc3s2)cc1[C@@H]1O[C@H](C(O)Cc2ccccc2)[C@](O)(Cc2ccccc2)[C@@](O)(Cc2ccccc2)[C@]1(O)Cc1ccccc1. The Bertz CT molecular complexity index is 2580. The number of fused-ring (bicyclic) bond motifs is 1. The highest BCUT2D eigenvalue weighted by Crippen LogP contribution is 2.56. The fourth-order valence-electron chi connectivity index (χ4n) is 9.19. The van der Waals surface area contributed by atoms with Gasteiger partial charge in [-0.05, 0) is 72.2 Å². The summed E-state index contributed by atoms with van der Waals surface area (Å²) in [6, 6.07) is 53.2. The lowest BCUT2D eigenvalue weighted by Gasteiger charge is -2.62. The molecule has 0 aliphatic carbocycles. The maximum atomic E-state index is 14.1. The molecule has 1 unspecified atom stereocenters. The molecule has 6 aromatic carbocycles. The van der Waals surface area contributed by atoms with E-state index in [2.05, 4.69) is 23.5 Å². The van der Waals surface area contributed by atoms with Crippen molar-refractivity contribution in [1.29, 1.82) is 0 Å². The Morgan fingerprint density at radius 1 is 0.667 bits per heavy atom. The van der Waals surface area contributed by atoms with Crippen LogP contribution in [0.3, 0.4) is 0 Å². The maximum absolute atomic E-state index is 14.1. The zero-order valence-electron chi connectivity index (χ0n) is 35.9. The number of aliphatic hydroxyl groups is 4. The Morgan fingerprint density at radius 3 is 1.76 bits per heavy atom. The first-order valence-electron chi connectivity index (χ1n) is 21.5. The van der Waals surface area contributed by atoms with Gasteiger partial charge in [0.15, 0.2) is 0 Å². The summed E-state index contributed by atoms with van der Waals surface area (Å²) in [6.45, 7) is 5.33. The molecule has 0 spiro atoms. The minimum Gasteiger partial charge on any atom is -0.444 e.